The molecule has 1 heterocycles. The molecule has 4 heteroatoms. The molecular formula is C14H18ClN3. The summed E-state index contributed by atoms with van der Waals surface area (Å²) >= 11 is 6.12. The lowest BCUT2D eigenvalue weighted by molar-refractivity contribution is 0.590. The Labute approximate surface area is 112 Å². The normalized spacial score (nSPS) is 11.8. The third-order valence-corrected chi connectivity index (χ3v) is 3.31. The number of halogens is 1. The third kappa shape index (κ3) is 2.36. The summed E-state index contributed by atoms with van der Waals surface area (Å²) in [5.74, 6) is 0.343. The number of nitrogen functional groups attached to an aromatic ring is 1. The van der Waals surface area contributed by atoms with Gasteiger partial charge in [-0.15, -0.1) is 0 Å². The van der Waals surface area contributed by atoms with E-state index in [2.05, 4.69) is 48.9 Å². The van der Waals surface area contributed by atoms with Crippen molar-refractivity contribution in [3.05, 3.63) is 34.5 Å². The zero-order valence-electron chi connectivity index (χ0n) is 11.1. The van der Waals surface area contributed by atoms with Gasteiger partial charge in [-0.1, -0.05) is 44.5 Å². The zero-order valence-corrected chi connectivity index (χ0v) is 11.9. The maximum atomic E-state index is 6.12. The summed E-state index contributed by atoms with van der Waals surface area (Å²) in [6.45, 7) is 8.59. The predicted molar refractivity (Wildman–Crippen MR) is 76.9 cm³/mol. The van der Waals surface area contributed by atoms with Crippen LogP contribution in [0, 0.1) is 6.92 Å². The summed E-state index contributed by atoms with van der Waals surface area (Å²) in [5, 5.41) is 0.488. The van der Waals surface area contributed by atoms with Gasteiger partial charge in [-0.05, 0) is 29.5 Å². The predicted octanol–water partition coefficient (Wildman–Crippen LogP) is 3.92. The highest BCUT2D eigenvalue weighted by molar-refractivity contribution is 6.32. The number of hydrogen-bond donors (Lipinski definition) is 2. The number of benzene rings is 1. The van der Waals surface area contributed by atoms with Crippen molar-refractivity contribution >= 4 is 17.5 Å². The van der Waals surface area contributed by atoms with Gasteiger partial charge in [0.25, 0.3) is 0 Å². The van der Waals surface area contributed by atoms with Gasteiger partial charge in [0.05, 0.1) is 0 Å². The zero-order chi connectivity index (χ0) is 13.5. The van der Waals surface area contributed by atoms with Gasteiger partial charge in [0.15, 0.2) is 5.95 Å². The molecule has 3 nitrogen and oxygen atoms in total. The molecule has 0 unspecified atom stereocenters. The summed E-state index contributed by atoms with van der Waals surface area (Å²) in [6.07, 6.45) is 0. The molecule has 3 N–H and O–H groups in total. The number of hydrogen-bond acceptors (Lipinski definition) is 2. The highest BCUT2D eigenvalue weighted by atomic mass is 35.5. The van der Waals surface area contributed by atoms with Crippen LogP contribution in [0.2, 0.25) is 5.15 Å². The first-order valence-corrected chi connectivity index (χ1v) is 6.29. The Hall–Kier alpha value is -1.48. The topological polar surface area (TPSA) is 54.7 Å². The monoisotopic (exact) mass is 263 g/mol. The summed E-state index contributed by atoms with van der Waals surface area (Å²) in [5.41, 5.74) is 9.87. The summed E-state index contributed by atoms with van der Waals surface area (Å²) < 4.78 is 0. The average Bonchev–Trinajstić information content (AvgIpc) is 2.56. The fraction of sp³-hybridized carbons (Fsp3) is 0.357. The summed E-state index contributed by atoms with van der Waals surface area (Å²) in [7, 11) is 0. The molecule has 0 aliphatic carbocycles. The molecular weight excluding hydrogens is 246 g/mol. The molecule has 0 bridgehead atoms. The second kappa shape index (κ2) is 4.32. The highest BCUT2D eigenvalue weighted by Crippen LogP contribution is 2.32. The van der Waals surface area contributed by atoms with Gasteiger partial charge in [-0.3, -0.25) is 0 Å². The lowest BCUT2D eigenvalue weighted by Gasteiger charge is -2.20. The van der Waals surface area contributed by atoms with Crippen molar-refractivity contribution in [2.75, 3.05) is 5.73 Å². The molecule has 1 aromatic heterocycles. The van der Waals surface area contributed by atoms with Crippen LogP contribution in [-0.4, -0.2) is 9.97 Å². The molecule has 1 aromatic carbocycles. The van der Waals surface area contributed by atoms with Gasteiger partial charge in [-0.2, -0.15) is 0 Å². The number of nitrogens with zero attached hydrogens (tertiary/aromatic N) is 1. The molecule has 18 heavy (non-hydrogen) atoms. The minimum absolute atomic E-state index is 0.0940. The van der Waals surface area contributed by atoms with Crippen LogP contribution in [0.25, 0.3) is 11.3 Å². The maximum Gasteiger partial charge on any atom is 0.199 e. The van der Waals surface area contributed by atoms with Gasteiger partial charge in [-0.25, -0.2) is 4.98 Å². The lowest BCUT2D eigenvalue weighted by atomic mass is 9.85. The van der Waals surface area contributed by atoms with E-state index in [0.29, 0.717) is 11.1 Å². The van der Waals surface area contributed by atoms with Gasteiger partial charge in [0, 0.05) is 5.56 Å². The third-order valence-electron chi connectivity index (χ3n) is 3.04. The highest BCUT2D eigenvalue weighted by Gasteiger charge is 2.17. The van der Waals surface area contributed by atoms with Gasteiger partial charge < -0.3 is 10.7 Å². The SMILES string of the molecule is Cc1ccc(C(C)(C)C)cc1-c1nc(N)[nH]c1Cl. The van der Waals surface area contributed by atoms with E-state index in [9.17, 15) is 0 Å². The number of H-pyrrole nitrogens is 1. The van der Waals surface area contributed by atoms with Crippen LogP contribution in [-0.2, 0) is 5.41 Å². The van der Waals surface area contributed by atoms with Crippen molar-refractivity contribution in [3.63, 3.8) is 0 Å². The van der Waals surface area contributed by atoms with Crippen LogP contribution >= 0.6 is 11.6 Å². The number of imidazole rings is 1. The number of aromatic amines is 1. The van der Waals surface area contributed by atoms with E-state index >= 15 is 0 Å². The molecule has 0 spiro atoms. The van der Waals surface area contributed by atoms with Crippen LogP contribution in [0.5, 0.6) is 0 Å². The Morgan fingerprint density at radius 2 is 1.94 bits per heavy atom. The Kier molecular flexibility index (Phi) is 3.11. The molecule has 0 aliphatic rings. The fourth-order valence-corrected chi connectivity index (χ4v) is 2.13. The van der Waals surface area contributed by atoms with Crippen molar-refractivity contribution in [3.8, 4) is 11.3 Å². The Balaban J connectivity index is 2.60. The van der Waals surface area contributed by atoms with E-state index in [1.807, 2.05) is 6.92 Å². The molecule has 0 amide bonds. The van der Waals surface area contributed by atoms with E-state index in [4.69, 9.17) is 17.3 Å². The first-order chi connectivity index (χ1) is 8.29. The number of aryl methyl sites for hydroxylation is 1. The first-order valence-electron chi connectivity index (χ1n) is 5.91. The molecule has 0 radical (unpaired) electrons. The van der Waals surface area contributed by atoms with Crippen LogP contribution in [0.4, 0.5) is 5.95 Å². The second-order valence-corrected chi connectivity index (χ2v) is 5.94. The Morgan fingerprint density at radius 3 is 2.44 bits per heavy atom. The molecule has 96 valence electrons. The van der Waals surface area contributed by atoms with Crippen LogP contribution in [0.1, 0.15) is 31.9 Å². The smallest absolute Gasteiger partial charge is 0.199 e. The standard InChI is InChI=1S/C14H18ClN3/c1-8-5-6-9(14(2,3)4)7-10(8)11-12(15)18-13(16)17-11/h5-7H,1-4H3,(H3,16,17,18). The lowest BCUT2D eigenvalue weighted by Crippen LogP contribution is -2.11. The van der Waals surface area contributed by atoms with Crippen molar-refractivity contribution in [2.24, 2.45) is 0 Å². The molecule has 2 aromatic rings. The minimum atomic E-state index is 0.0940. The molecule has 0 atom stereocenters. The number of nitrogens with one attached hydrogen (secondary N) is 1. The number of nitrogens with two attached hydrogens (primary N) is 1. The second-order valence-electron chi connectivity index (χ2n) is 5.56. The van der Waals surface area contributed by atoms with Crippen molar-refractivity contribution in [1.29, 1.82) is 0 Å². The quantitative estimate of drug-likeness (QED) is 0.819. The van der Waals surface area contributed by atoms with E-state index in [1.165, 1.54) is 5.56 Å². The van der Waals surface area contributed by atoms with Crippen LogP contribution < -0.4 is 5.73 Å². The van der Waals surface area contributed by atoms with Crippen LogP contribution in [0.3, 0.4) is 0 Å². The number of aromatic nitrogens is 2. The summed E-state index contributed by atoms with van der Waals surface area (Å²) in [6, 6.07) is 6.37. The average molecular weight is 264 g/mol. The Morgan fingerprint density at radius 1 is 1.28 bits per heavy atom. The van der Waals surface area contributed by atoms with Gasteiger partial charge in [0.2, 0.25) is 0 Å². The van der Waals surface area contributed by atoms with Crippen molar-refractivity contribution < 1.29 is 0 Å². The molecule has 0 saturated heterocycles. The van der Waals surface area contributed by atoms with Crippen LogP contribution in [0.15, 0.2) is 18.2 Å². The van der Waals surface area contributed by atoms with Crippen molar-refractivity contribution in [2.45, 2.75) is 33.1 Å². The Bertz CT molecular complexity index is 579. The van der Waals surface area contributed by atoms with E-state index in [0.717, 1.165) is 16.8 Å². The van der Waals surface area contributed by atoms with E-state index < -0.39 is 0 Å². The maximum absolute atomic E-state index is 6.12. The van der Waals surface area contributed by atoms with Gasteiger partial charge >= 0.3 is 0 Å². The minimum Gasteiger partial charge on any atom is -0.369 e. The molecule has 0 saturated carbocycles. The van der Waals surface area contributed by atoms with E-state index in [-0.39, 0.29) is 5.41 Å². The number of anilines is 1. The molecule has 0 fully saturated rings. The molecule has 2 rings (SSSR count). The van der Waals surface area contributed by atoms with E-state index in [1.54, 1.807) is 0 Å². The fourth-order valence-electron chi connectivity index (χ4n) is 1.89. The first kappa shape index (κ1) is 13.0. The largest absolute Gasteiger partial charge is 0.369 e. The number of rotatable bonds is 1. The molecule has 0 aliphatic heterocycles. The summed E-state index contributed by atoms with van der Waals surface area (Å²) in [4.78, 5) is 7.08. The van der Waals surface area contributed by atoms with Gasteiger partial charge in [0.1, 0.15) is 10.8 Å². The van der Waals surface area contributed by atoms with Crippen molar-refractivity contribution in [1.82, 2.24) is 9.97 Å².